The minimum absolute atomic E-state index is 0.0221. The van der Waals surface area contributed by atoms with Crippen LogP contribution in [0.3, 0.4) is 0 Å². The van der Waals surface area contributed by atoms with Gasteiger partial charge >= 0.3 is 19.3 Å². The highest BCUT2D eigenvalue weighted by Crippen LogP contribution is 2.51. The van der Waals surface area contributed by atoms with E-state index in [1.54, 1.807) is 79.5 Å². The summed E-state index contributed by atoms with van der Waals surface area (Å²) in [6.45, 7) is 2.03. The minimum Gasteiger partial charge on any atom is -0.497 e. The molecule has 0 spiro atoms. The van der Waals surface area contributed by atoms with E-state index < -0.39 is 73.5 Å². The Morgan fingerprint density at radius 3 is 1.80 bits per heavy atom. The molecule has 0 aliphatic carbocycles. The summed E-state index contributed by atoms with van der Waals surface area (Å²) in [4.78, 5) is 69.7. The van der Waals surface area contributed by atoms with Crippen LogP contribution in [0.2, 0.25) is 0 Å². The fraction of sp³-hybridized carbons (Fsp3) is 0.263. The maximum atomic E-state index is 14.8. The van der Waals surface area contributed by atoms with Crippen molar-refractivity contribution < 1.29 is 56.4 Å². The number of rotatable bonds is 20. The predicted octanol–water partition coefficient (Wildman–Crippen LogP) is 8.35. The first-order valence-corrected chi connectivity index (χ1v) is 27.2. The van der Waals surface area contributed by atoms with Crippen LogP contribution in [0, 0.1) is 0 Å². The lowest BCUT2D eigenvalue weighted by molar-refractivity contribution is -0.150. The molecule has 5 aromatic carbocycles. The van der Waals surface area contributed by atoms with Crippen LogP contribution in [0.4, 0.5) is 11.6 Å². The quantitative estimate of drug-likeness (QED) is 0.0414. The standard InChI is InChI=1S/C57H55N8O13P/c1-36(66)75-44-30-50(65-35-60-51-52(58-34-59-53(51)65)63-55(68)38-16-10-6-11-17-38)77-47(44)33-74-79(4,70)78-45-31-49(64-29-28-48(62-56(64)69)61-54(67)37-14-8-5-9-15-37)76-46(45)32-73-57(39-18-12-7-13-19-39,40-20-24-42(71-2)25-21-40)41-22-26-43(72-3)27-23-41/h5-29,34-35,44-47,49-50H,30-33H2,1-4H3,(H,58,59,63,68)(H,61,62,67,69)/t44-,45-,46+,47+,49+,50+,79?/m0/s1. The first-order chi connectivity index (χ1) is 38.3. The average Bonchev–Trinajstić information content (AvgIpc) is 4.25. The molecular formula is C57H55N8O13P. The van der Waals surface area contributed by atoms with Gasteiger partial charge in [0.15, 0.2) is 17.0 Å². The lowest BCUT2D eigenvalue weighted by Crippen LogP contribution is -2.38. The molecular weight excluding hydrogens is 1040 g/mol. The van der Waals surface area contributed by atoms with Crippen molar-refractivity contribution in [3.63, 3.8) is 0 Å². The second-order valence-electron chi connectivity index (χ2n) is 18.6. The molecule has 1 unspecified atom stereocenters. The average molecular weight is 1090 g/mol. The van der Waals surface area contributed by atoms with E-state index in [4.69, 9.17) is 37.5 Å². The number of carbonyl (C=O) groups is 3. The summed E-state index contributed by atoms with van der Waals surface area (Å²) in [6.07, 6.45) is -1.40. The van der Waals surface area contributed by atoms with Gasteiger partial charge in [-0.15, -0.1) is 0 Å². The number of carbonyl (C=O) groups excluding carboxylic acids is 3. The fourth-order valence-electron chi connectivity index (χ4n) is 9.66. The van der Waals surface area contributed by atoms with Crippen molar-refractivity contribution in [1.29, 1.82) is 0 Å². The zero-order valence-electron chi connectivity index (χ0n) is 43.3. The maximum Gasteiger partial charge on any atom is 0.351 e. The molecule has 5 heterocycles. The number of aromatic nitrogens is 6. The van der Waals surface area contributed by atoms with Crippen LogP contribution in [0.25, 0.3) is 11.2 Å². The molecule has 0 bridgehead atoms. The maximum absolute atomic E-state index is 14.8. The van der Waals surface area contributed by atoms with E-state index in [1.807, 2.05) is 78.9 Å². The molecule has 22 heteroatoms. The van der Waals surface area contributed by atoms with Gasteiger partial charge in [-0.05, 0) is 71.3 Å². The molecule has 3 aromatic heterocycles. The van der Waals surface area contributed by atoms with E-state index in [2.05, 4.69) is 30.6 Å². The second kappa shape index (κ2) is 23.7. The Morgan fingerprint density at radius 1 is 0.671 bits per heavy atom. The molecule has 0 saturated carbocycles. The number of anilines is 2. The van der Waals surface area contributed by atoms with Crippen LogP contribution in [-0.4, -0.2) is 105 Å². The van der Waals surface area contributed by atoms with Crippen molar-refractivity contribution >= 4 is 48.2 Å². The highest BCUT2D eigenvalue weighted by molar-refractivity contribution is 7.53. The highest BCUT2D eigenvalue weighted by Gasteiger charge is 2.46. The molecule has 21 nitrogen and oxygen atoms in total. The Kier molecular flexibility index (Phi) is 16.2. The van der Waals surface area contributed by atoms with Crippen molar-refractivity contribution in [2.45, 2.75) is 62.2 Å². The van der Waals surface area contributed by atoms with Gasteiger partial charge in [0.1, 0.15) is 60.0 Å². The topological polar surface area (TPSA) is 245 Å². The van der Waals surface area contributed by atoms with Gasteiger partial charge in [0.2, 0.25) is 0 Å². The van der Waals surface area contributed by atoms with Gasteiger partial charge in [-0.25, -0.2) is 19.7 Å². The highest BCUT2D eigenvalue weighted by atomic mass is 31.2. The van der Waals surface area contributed by atoms with Gasteiger partial charge in [0, 0.05) is 43.8 Å². The number of amides is 2. The van der Waals surface area contributed by atoms with Crippen molar-refractivity contribution in [1.82, 2.24) is 29.1 Å². The SMILES string of the molecule is COc1ccc(C(OC[C@H]2O[C@@H](n3ccc(NC(=O)c4ccccc4)nc3=O)C[C@@H]2OP(C)(=O)OC[C@H]2O[C@@H](n3cnc4c(NC(=O)c5ccccc5)ncnc43)C[C@@H]2OC(C)=O)(c2ccccc2)c2ccc(OC)cc2)cc1. The van der Waals surface area contributed by atoms with Crippen LogP contribution < -0.4 is 25.8 Å². The van der Waals surface area contributed by atoms with Crippen molar-refractivity contribution in [3.05, 3.63) is 203 Å². The van der Waals surface area contributed by atoms with Gasteiger partial charge in [-0.2, -0.15) is 4.98 Å². The fourth-order valence-corrected chi connectivity index (χ4v) is 10.9. The number of hydrogen-bond donors (Lipinski definition) is 2. The summed E-state index contributed by atoms with van der Waals surface area (Å²) in [5, 5.41) is 5.46. The first kappa shape index (κ1) is 53.9. The molecule has 8 aromatic rings. The van der Waals surface area contributed by atoms with Gasteiger partial charge in [0.05, 0.1) is 39.9 Å². The molecule has 2 amide bonds. The van der Waals surface area contributed by atoms with E-state index >= 15 is 0 Å². The second-order valence-corrected chi connectivity index (χ2v) is 20.6. The number of hydrogen-bond acceptors (Lipinski definition) is 17. The summed E-state index contributed by atoms with van der Waals surface area (Å²) in [7, 11) is -0.944. The number of nitrogens with one attached hydrogen (secondary N) is 2. The molecule has 2 N–H and O–H groups in total. The van der Waals surface area contributed by atoms with Crippen molar-refractivity contribution in [2.75, 3.05) is 44.7 Å². The van der Waals surface area contributed by atoms with E-state index in [0.29, 0.717) is 33.8 Å². The minimum atomic E-state index is -4.11. The lowest BCUT2D eigenvalue weighted by Gasteiger charge is -2.37. The Morgan fingerprint density at radius 2 is 1.22 bits per heavy atom. The third-order valence-corrected chi connectivity index (χ3v) is 14.7. The number of methoxy groups -OCH3 is 2. The number of nitrogens with zero attached hydrogens (tertiary/aromatic N) is 6. The Hall–Kier alpha value is -8.43. The summed E-state index contributed by atoms with van der Waals surface area (Å²) in [5.41, 5.74) is 1.61. The molecule has 2 saturated heterocycles. The molecule has 2 fully saturated rings. The van der Waals surface area contributed by atoms with Crippen LogP contribution in [0.5, 0.6) is 11.5 Å². The van der Waals surface area contributed by atoms with Gasteiger partial charge in [-0.3, -0.25) is 28.1 Å². The Labute approximate surface area is 453 Å². The van der Waals surface area contributed by atoms with E-state index in [9.17, 15) is 23.7 Å². The van der Waals surface area contributed by atoms with Crippen LogP contribution in [0.15, 0.2) is 169 Å². The number of benzene rings is 5. The predicted molar refractivity (Wildman–Crippen MR) is 288 cm³/mol. The molecule has 2 aliphatic heterocycles. The number of ether oxygens (including phenoxy) is 6. The third kappa shape index (κ3) is 12.0. The Bertz CT molecular complexity index is 3490. The molecule has 2 aliphatic rings. The lowest BCUT2D eigenvalue weighted by atomic mass is 9.80. The van der Waals surface area contributed by atoms with Gasteiger partial charge in [-0.1, -0.05) is 91.0 Å². The largest absolute Gasteiger partial charge is 0.497 e. The molecule has 79 heavy (non-hydrogen) atoms. The number of fused-ring (bicyclic) bond motifs is 1. The van der Waals surface area contributed by atoms with Gasteiger partial charge < -0.3 is 48.1 Å². The van der Waals surface area contributed by atoms with E-state index in [0.717, 1.165) is 16.7 Å². The van der Waals surface area contributed by atoms with Crippen LogP contribution in [-0.2, 0) is 43.0 Å². The number of esters is 1. The summed E-state index contributed by atoms with van der Waals surface area (Å²) >= 11 is 0. The van der Waals surface area contributed by atoms with Gasteiger partial charge in [0.25, 0.3) is 11.8 Å². The summed E-state index contributed by atoms with van der Waals surface area (Å²) in [5.74, 6) is 0.0265. The first-order valence-electron chi connectivity index (χ1n) is 25.2. The third-order valence-electron chi connectivity index (χ3n) is 13.5. The summed E-state index contributed by atoms with van der Waals surface area (Å²) < 4.78 is 67.4. The monoisotopic (exact) mass is 1090 g/mol. The van der Waals surface area contributed by atoms with Crippen molar-refractivity contribution in [3.8, 4) is 11.5 Å². The van der Waals surface area contributed by atoms with Crippen LogP contribution in [0.1, 0.15) is 69.6 Å². The summed E-state index contributed by atoms with van der Waals surface area (Å²) in [6, 6.07) is 43.2. The van der Waals surface area contributed by atoms with E-state index in [-0.39, 0.29) is 37.7 Å². The zero-order valence-corrected chi connectivity index (χ0v) is 44.2. The van der Waals surface area contributed by atoms with Crippen molar-refractivity contribution in [2.24, 2.45) is 0 Å². The van der Waals surface area contributed by atoms with Crippen LogP contribution >= 0.6 is 7.60 Å². The number of imidazole rings is 1. The van der Waals surface area contributed by atoms with E-state index in [1.165, 1.54) is 43.1 Å². The Balaban J connectivity index is 0.921. The molecule has 7 atom stereocenters. The molecule has 10 rings (SSSR count). The zero-order chi connectivity index (χ0) is 55.1. The smallest absolute Gasteiger partial charge is 0.351 e. The molecule has 406 valence electrons. The molecule has 0 radical (unpaired) electrons. The normalized spacial score (nSPS) is 19.8.